The van der Waals surface area contributed by atoms with Crippen molar-refractivity contribution >= 4 is 17.6 Å². The van der Waals surface area contributed by atoms with E-state index in [9.17, 15) is 14.9 Å². The summed E-state index contributed by atoms with van der Waals surface area (Å²) in [5.41, 5.74) is 1.36. The highest BCUT2D eigenvalue weighted by atomic mass is 16.5. The molecule has 1 aromatic heterocycles. The van der Waals surface area contributed by atoms with Gasteiger partial charge in [-0.1, -0.05) is 12.1 Å². The number of aromatic nitrogens is 1. The van der Waals surface area contributed by atoms with Crippen molar-refractivity contribution in [3.05, 3.63) is 71.7 Å². The average molecular weight is 350 g/mol. The Balaban J connectivity index is 2.06. The van der Waals surface area contributed by atoms with Gasteiger partial charge in [0.05, 0.1) is 17.9 Å². The number of benzene rings is 1. The third-order valence-corrected chi connectivity index (χ3v) is 3.34. The molecule has 0 radical (unpaired) electrons. The van der Waals surface area contributed by atoms with Crippen LogP contribution in [0.5, 0.6) is 0 Å². The van der Waals surface area contributed by atoms with Gasteiger partial charge in [-0.05, 0) is 36.8 Å². The molecule has 0 bridgehead atoms. The van der Waals surface area contributed by atoms with Gasteiger partial charge >= 0.3 is 5.97 Å². The molecule has 0 aliphatic rings. The maximum Gasteiger partial charge on any atom is 0.340 e. The number of carbonyl (C=O) groups excluding carboxylic acids is 2. The summed E-state index contributed by atoms with van der Waals surface area (Å²) < 4.78 is 4.96. The molecule has 0 aliphatic carbocycles. The number of rotatable bonds is 7. The van der Waals surface area contributed by atoms with Crippen LogP contribution in [0.15, 0.2) is 60.6 Å². The minimum absolute atomic E-state index is 0.113. The Morgan fingerprint density at radius 3 is 2.65 bits per heavy atom. The van der Waals surface area contributed by atoms with E-state index in [4.69, 9.17) is 4.74 Å². The second-order valence-electron chi connectivity index (χ2n) is 5.13. The topological polar surface area (TPSA) is 104 Å². The molecule has 7 heteroatoms. The Morgan fingerprint density at radius 2 is 1.96 bits per heavy atom. The maximum absolute atomic E-state index is 12.3. The number of carbonyl (C=O) groups is 2. The number of esters is 1. The van der Waals surface area contributed by atoms with Crippen molar-refractivity contribution in [2.75, 3.05) is 11.9 Å². The number of amides is 1. The number of ether oxygens (including phenoxy) is 1. The SMILES string of the molecule is CCOC(=O)c1ccccc1NC(=O)/C(C#N)=C\NCc1ccncc1. The van der Waals surface area contributed by atoms with Gasteiger partial charge < -0.3 is 15.4 Å². The van der Waals surface area contributed by atoms with E-state index in [0.717, 1.165) is 5.56 Å². The van der Waals surface area contributed by atoms with Gasteiger partial charge in [-0.25, -0.2) is 4.79 Å². The van der Waals surface area contributed by atoms with Crippen LogP contribution in [0.4, 0.5) is 5.69 Å². The van der Waals surface area contributed by atoms with Crippen LogP contribution < -0.4 is 10.6 Å². The van der Waals surface area contributed by atoms with Gasteiger partial charge in [-0.15, -0.1) is 0 Å². The molecular formula is C19H18N4O3. The lowest BCUT2D eigenvalue weighted by Gasteiger charge is -2.10. The van der Waals surface area contributed by atoms with Crippen LogP contribution in [0.25, 0.3) is 0 Å². The molecule has 2 aromatic rings. The van der Waals surface area contributed by atoms with Crippen LogP contribution in [0.2, 0.25) is 0 Å². The first-order chi connectivity index (χ1) is 12.7. The molecule has 1 heterocycles. The monoisotopic (exact) mass is 350 g/mol. The molecule has 1 amide bonds. The second-order valence-corrected chi connectivity index (χ2v) is 5.13. The van der Waals surface area contributed by atoms with Crippen LogP contribution in [0.1, 0.15) is 22.8 Å². The van der Waals surface area contributed by atoms with Crippen LogP contribution in [-0.2, 0) is 16.1 Å². The molecule has 7 nitrogen and oxygen atoms in total. The van der Waals surface area contributed by atoms with E-state index in [0.29, 0.717) is 6.54 Å². The van der Waals surface area contributed by atoms with Gasteiger partial charge in [0.15, 0.2) is 0 Å². The van der Waals surface area contributed by atoms with Crippen molar-refractivity contribution in [2.45, 2.75) is 13.5 Å². The van der Waals surface area contributed by atoms with Crippen molar-refractivity contribution in [2.24, 2.45) is 0 Å². The molecule has 2 rings (SSSR count). The molecule has 0 atom stereocenters. The zero-order valence-corrected chi connectivity index (χ0v) is 14.2. The van der Waals surface area contributed by atoms with E-state index >= 15 is 0 Å². The third-order valence-electron chi connectivity index (χ3n) is 3.34. The first kappa shape index (κ1) is 18.7. The smallest absolute Gasteiger partial charge is 0.340 e. The van der Waals surface area contributed by atoms with Crippen LogP contribution in [0, 0.1) is 11.3 Å². The number of nitrogens with zero attached hydrogens (tertiary/aromatic N) is 2. The van der Waals surface area contributed by atoms with Crippen molar-refractivity contribution in [1.29, 1.82) is 5.26 Å². The lowest BCUT2D eigenvalue weighted by molar-refractivity contribution is -0.112. The van der Waals surface area contributed by atoms with Gasteiger partial charge in [0.25, 0.3) is 5.91 Å². The summed E-state index contributed by atoms with van der Waals surface area (Å²) in [6.07, 6.45) is 4.65. The fourth-order valence-corrected chi connectivity index (χ4v) is 2.09. The highest BCUT2D eigenvalue weighted by Gasteiger charge is 2.16. The van der Waals surface area contributed by atoms with Crippen LogP contribution in [0.3, 0.4) is 0 Å². The fraction of sp³-hybridized carbons (Fsp3) is 0.158. The zero-order valence-electron chi connectivity index (χ0n) is 14.2. The Hall–Kier alpha value is -3.66. The fourth-order valence-electron chi connectivity index (χ4n) is 2.09. The van der Waals surface area contributed by atoms with Crippen molar-refractivity contribution < 1.29 is 14.3 Å². The van der Waals surface area contributed by atoms with E-state index < -0.39 is 11.9 Å². The summed E-state index contributed by atoms with van der Waals surface area (Å²) in [4.78, 5) is 28.2. The number of pyridine rings is 1. The standard InChI is InChI=1S/C19H18N4O3/c1-2-26-19(25)16-5-3-4-6-17(16)23-18(24)15(11-20)13-22-12-14-7-9-21-10-8-14/h3-10,13,22H,2,12H2,1H3,(H,23,24)/b15-13-. The van der Waals surface area contributed by atoms with Crippen molar-refractivity contribution in [3.8, 4) is 6.07 Å². The molecule has 0 saturated heterocycles. The van der Waals surface area contributed by atoms with Gasteiger partial charge in [0, 0.05) is 25.1 Å². The molecule has 0 fully saturated rings. The van der Waals surface area contributed by atoms with E-state index in [1.807, 2.05) is 18.2 Å². The number of hydrogen-bond acceptors (Lipinski definition) is 6. The average Bonchev–Trinajstić information content (AvgIpc) is 2.66. The normalized spacial score (nSPS) is 10.5. The van der Waals surface area contributed by atoms with Gasteiger partial charge in [-0.3, -0.25) is 9.78 Å². The summed E-state index contributed by atoms with van der Waals surface area (Å²) in [5, 5.41) is 14.7. The maximum atomic E-state index is 12.3. The molecule has 0 aliphatic heterocycles. The first-order valence-electron chi connectivity index (χ1n) is 7.95. The number of hydrogen-bond donors (Lipinski definition) is 2. The molecule has 132 valence electrons. The van der Waals surface area contributed by atoms with Gasteiger partial charge in [0.1, 0.15) is 11.6 Å². The largest absolute Gasteiger partial charge is 0.462 e. The summed E-state index contributed by atoms with van der Waals surface area (Å²) in [6, 6.07) is 11.9. The van der Waals surface area contributed by atoms with Crippen LogP contribution in [-0.4, -0.2) is 23.5 Å². The Kier molecular flexibility index (Phi) is 6.89. The van der Waals surface area contributed by atoms with Gasteiger partial charge in [-0.2, -0.15) is 5.26 Å². The van der Waals surface area contributed by atoms with E-state index in [1.165, 1.54) is 6.20 Å². The van der Waals surface area contributed by atoms with E-state index in [1.54, 1.807) is 43.6 Å². The van der Waals surface area contributed by atoms with E-state index in [-0.39, 0.29) is 23.4 Å². The summed E-state index contributed by atoms with van der Waals surface area (Å²) in [5.74, 6) is -1.16. The Labute approximate surface area is 151 Å². The number of para-hydroxylation sites is 1. The van der Waals surface area contributed by atoms with Crippen molar-refractivity contribution in [1.82, 2.24) is 10.3 Å². The lowest BCUT2D eigenvalue weighted by atomic mass is 10.1. The predicted octanol–water partition coefficient (Wildman–Crippen LogP) is 2.39. The van der Waals surface area contributed by atoms with Crippen LogP contribution >= 0.6 is 0 Å². The predicted molar refractivity (Wildman–Crippen MR) is 95.8 cm³/mol. The zero-order chi connectivity index (χ0) is 18.8. The summed E-state index contributed by atoms with van der Waals surface area (Å²) in [7, 11) is 0. The third kappa shape index (κ3) is 5.18. The Morgan fingerprint density at radius 1 is 1.23 bits per heavy atom. The molecule has 1 aromatic carbocycles. The number of nitriles is 1. The second kappa shape index (κ2) is 9.59. The number of nitrogens with one attached hydrogen (secondary N) is 2. The van der Waals surface area contributed by atoms with Crippen molar-refractivity contribution in [3.63, 3.8) is 0 Å². The summed E-state index contributed by atoms with van der Waals surface area (Å²) in [6.45, 7) is 2.37. The molecular weight excluding hydrogens is 332 g/mol. The number of anilines is 1. The molecule has 0 spiro atoms. The Bertz CT molecular complexity index is 841. The molecule has 0 unspecified atom stereocenters. The lowest BCUT2D eigenvalue weighted by Crippen LogP contribution is -2.19. The first-order valence-corrected chi connectivity index (χ1v) is 7.95. The minimum Gasteiger partial charge on any atom is -0.462 e. The highest BCUT2D eigenvalue weighted by molar-refractivity contribution is 6.09. The highest BCUT2D eigenvalue weighted by Crippen LogP contribution is 2.17. The summed E-state index contributed by atoms with van der Waals surface area (Å²) >= 11 is 0. The molecule has 26 heavy (non-hydrogen) atoms. The molecule has 0 saturated carbocycles. The minimum atomic E-state index is -0.619. The van der Waals surface area contributed by atoms with Gasteiger partial charge in [0.2, 0.25) is 0 Å². The van der Waals surface area contributed by atoms with E-state index in [2.05, 4.69) is 15.6 Å². The quantitative estimate of drug-likeness (QED) is 0.451. The molecule has 2 N–H and O–H groups in total.